The van der Waals surface area contributed by atoms with Gasteiger partial charge in [0.2, 0.25) is 0 Å². The van der Waals surface area contributed by atoms with Crippen molar-refractivity contribution in [3.63, 3.8) is 0 Å². The molecule has 0 saturated carbocycles. The Bertz CT molecular complexity index is 1400. The van der Waals surface area contributed by atoms with Crippen molar-refractivity contribution in [2.75, 3.05) is 20.2 Å². The average Bonchev–Trinajstić information content (AvgIpc) is 2.95. The minimum Gasteiger partial charge on any atom is -0.497 e. The van der Waals surface area contributed by atoms with Crippen LogP contribution in [0, 0.1) is 6.92 Å². The third kappa shape index (κ3) is 5.47. The molecule has 0 aromatic heterocycles. The molecule has 2 N–H and O–H groups in total. The van der Waals surface area contributed by atoms with Gasteiger partial charge in [-0.2, -0.15) is 0 Å². The molecule has 4 nitrogen and oxygen atoms in total. The van der Waals surface area contributed by atoms with Crippen LogP contribution in [0.2, 0.25) is 0 Å². The summed E-state index contributed by atoms with van der Waals surface area (Å²) in [5.74, 6) is 2.66. The Balaban J connectivity index is 1.07. The molecule has 194 valence electrons. The summed E-state index contributed by atoms with van der Waals surface area (Å²) in [6.07, 6.45) is 4.08. The van der Waals surface area contributed by atoms with Gasteiger partial charge in [0.1, 0.15) is 17.2 Å². The van der Waals surface area contributed by atoms with Crippen molar-refractivity contribution in [3.8, 4) is 17.2 Å². The zero-order chi connectivity index (χ0) is 25.9. The predicted molar refractivity (Wildman–Crippen MR) is 153 cm³/mol. The lowest BCUT2D eigenvalue weighted by atomic mass is 9.89. The number of methoxy groups -OCH3 is 1. The van der Waals surface area contributed by atoms with Gasteiger partial charge in [-0.1, -0.05) is 54.1 Å². The van der Waals surface area contributed by atoms with Crippen molar-refractivity contribution in [1.82, 2.24) is 10.6 Å². The first-order valence-corrected chi connectivity index (χ1v) is 13.7. The molecular formula is C34H36N2O2. The summed E-state index contributed by atoms with van der Waals surface area (Å²) in [4.78, 5) is 0. The minimum absolute atomic E-state index is 0.318. The first kappa shape index (κ1) is 24.7. The largest absolute Gasteiger partial charge is 0.497 e. The van der Waals surface area contributed by atoms with Gasteiger partial charge in [0.15, 0.2) is 0 Å². The zero-order valence-electron chi connectivity index (χ0n) is 22.3. The highest BCUT2D eigenvalue weighted by Gasteiger charge is 2.21. The third-order valence-corrected chi connectivity index (χ3v) is 7.93. The summed E-state index contributed by atoms with van der Waals surface area (Å²) in [5, 5.41) is 7.38. The van der Waals surface area contributed by atoms with Crippen LogP contribution in [-0.4, -0.2) is 20.2 Å². The van der Waals surface area contributed by atoms with Gasteiger partial charge in [0.05, 0.1) is 7.11 Å². The molecule has 0 bridgehead atoms. The molecule has 6 rings (SSSR count). The topological polar surface area (TPSA) is 42.5 Å². The van der Waals surface area contributed by atoms with Crippen LogP contribution in [-0.2, 0) is 25.7 Å². The molecule has 4 aromatic rings. The van der Waals surface area contributed by atoms with Crippen LogP contribution in [0.3, 0.4) is 0 Å². The normalized spacial score (nSPS) is 18.4. The first-order chi connectivity index (χ1) is 18.6. The predicted octanol–water partition coefficient (Wildman–Crippen LogP) is 6.65. The van der Waals surface area contributed by atoms with Crippen LogP contribution in [0.4, 0.5) is 0 Å². The fourth-order valence-electron chi connectivity index (χ4n) is 5.90. The molecule has 0 amide bonds. The molecule has 2 aliphatic rings. The second-order valence-electron chi connectivity index (χ2n) is 10.6. The monoisotopic (exact) mass is 504 g/mol. The first-order valence-electron chi connectivity index (χ1n) is 13.7. The van der Waals surface area contributed by atoms with E-state index in [0.29, 0.717) is 12.1 Å². The third-order valence-electron chi connectivity index (χ3n) is 7.93. The standard InChI is InChI=1S/C34H36N2O2/c1-23-3-13-31-26(19-23)15-17-35-33(31)20-24-4-8-28(9-5-24)38-29-10-6-25(7-11-29)21-34-32-14-12-30(37-2)22-27(32)16-18-36-34/h3-14,19,22,33-36H,15-18,20-21H2,1-2H3. The number of hydrogen-bond acceptors (Lipinski definition) is 4. The van der Waals surface area contributed by atoms with Crippen molar-refractivity contribution in [2.45, 2.75) is 44.7 Å². The van der Waals surface area contributed by atoms with Crippen molar-refractivity contribution in [3.05, 3.63) is 124 Å². The van der Waals surface area contributed by atoms with Crippen molar-refractivity contribution in [1.29, 1.82) is 0 Å². The van der Waals surface area contributed by atoms with E-state index in [1.165, 1.54) is 38.9 Å². The highest BCUT2D eigenvalue weighted by atomic mass is 16.5. The molecule has 0 saturated heterocycles. The van der Waals surface area contributed by atoms with E-state index in [9.17, 15) is 0 Å². The molecule has 2 atom stereocenters. The summed E-state index contributed by atoms with van der Waals surface area (Å²) in [6, 6.07) is 31.0. The van der Waals surface area contributed by atoms with Crippen LogP contribution >= 0.6 is 0 Å². The Morgan fingerprint density at radius 1 is 0.632 bits per heavy atom. The molecule has 0 spiro atoms. The Morgan fingerprint density at radius 3 is 1.68 bits per heavy atom. The minimum atomic E-state index is 0.318. The maximum atomic E-state index is 6.17. The summed E-state index contributed by atoms with van der Waals surface area (Å²) in [6.45, 7) is 4.20. The van der Waals surface area contributed by atoms with E-state index in [4.69, 9.17) is 9.47 Å². The van der Waals surface area contributed by atoms with E-state index in [2.05, 4.69) is 102 Å². The summed E-state index contributed by atoms with van der Waals surface area (Å²) < 4.78 is 11.6. The second kappa shape index (κ2) is 11.0. The highest BCUT2D eigenvalue weighted by Crippen LogP contribution is 2.31. The van der Waals surface area contributed by atoms with Gasteiger partial charge in [-0.15, -0.1) is 0 Å². The molecule has 0 radical (unpaired) electrons. The fraction of sp³-hybridized carbons (Fsp3) is 0.294. The number of aryl methyl sites for hydroxylation is 1. The second-order valence-corrected chi connectivity index (χ2v) is 10.6. The SMILES string of the molecule is COc1ccc2c(c1)CCNC2Cc1ccc(Oc2ccc(CC3NCCc4cc(C)ccc43)cc2)cc1. The van der Waals surface area contributed by atoms with Crippen molar-refractivity contribution < 1.29 is 9.47 Å². The molecule has 0 aliphatic carbocycles. The van der Waals surface area contributed by atoms with Gasteiger partial charge in [-0.25, -0.2) is 0 Å². The van der Waals surface area contributed by atoms with E-state index >= 15 is 0 Å². The fourth-order valence-corrected chi connectivity index (χ4v) is 5.90. The number of nitrogens with one attached hydrogen (secondary N) is 2. The van der Waals surface area contributed by atoms with E-state index in [1.54, 1.807) is 7.11 Å². The summed E-state index contributed by atoms with van der Waals surface area (Å²) in [7, 11) is 1.73. The van der Waals surface area contributed by atoms with Crippen molar-refractivity contribution in [2.24, 2.45) is 0 Å². The molecule has 2 unspecified atom stereocenters. The van der Waals surface area contributed by atoms with Crippen LogP contribution in [0.5, 0.6) is 17.2 Å². The number of benzene rings is 4. The highest BCUT2D eigenvalue weighted by molar-refractivity contribution is 5.41. The van der Waals surface area contributed by atoms with Crippen LogP contribution in [0.25, 0.3) is 0 Å². The van der Waals surface area contributed by atoms with Crippen molar-refractivity contribution >= 4 is 0 Å². The van der Waals surface area contributed by atoms with Gasteiger partial charge in [-0.05, 0) is 115 Å². The maximum Gasteiger partial charge on any atom is 0.127 e. The van der Waals surface area contributed by atoms with E-state index in [-0.39, 0.29) is 0 Å². The summed E-state index contributed by atoms with van der Waals surface area (Å²) >= 11 is 0. The van der Waals surface area contributed by atoms with Gasteiger partial charge < -0.3 is 20.1 Å². The smallest absolute Gasteiger partial charge is 0.127 e. The maximum absolute atomic E-state index is 6.17. The van der Waals surface area contributed by atoms with Gasteiger partial charge in [0, 0.05) is 12.1 Å². The Hall–Kier alpha value is -3.60. The molecule has 38 heavy (non-hydrogen) atoms. The number of fused-ring (bicyclic) bond motifs is 2. The van der Waals surface area contributed by atoms with Crippen LogP contribution < -0.4 is 20.1 Å². The number of ether oxygens (including phenoxy) is 2. The van der Waals surface area contributed by atoms with E-state index in [1.807, 2.05) is 0 Å². The number of hydrogen-bond donors (Lipinski definition) is 2. The lowest BCUT2D eigenvalue weighted by Gasteiger charge is -2.27. The Labute approximate surface area is 226 Å². The molecule has 2 aliphatic heterocycles. The molecule has 4 heteroatoms. The van der Waals surface area contributed by atoms with E-state index < -0.39 is 0 Å². The molecule has 4 aromatic carbocycles. The number of rotatable bonds is 7. The average molecular weight is 505 g/mol. The quantitative estimate of drug-likeness (QED) is 0.296. The Kier molecular flexibility index (Phi) is 7.17. The zero-order valence-corrected chi connectivity index (χ0v) is 22.3. The summed E-state index contributed by atoms with van der Waals surface area (Å²) in [5.41, 5.74) is 9.64. The molecular weight excluding hydrogens is 468 g/mol. The van der Waals surface area contributed by atoms with Gasteiger partial charge in [0.25, 0.3) is 0 Å². The lowest BCUT2D eigenvalue weighted by Crippen LogP contribution is -2.31. The van der Waals surface area contributed by atoms with Gasteiger partial charge >= 0.3 is 0 Å². The molecule has 0 fully saturated rings. The van der Waals surface area contributed by atoms with Crippen LogP contribution in [0.15, 0.2) is 84.9 Å². The van der Waals surface area contributed by atoms with Crippen LogP contribution in [0.1, 0.15) is 51.0 Å². The molecule has 2 heterocycles. The Morgan fingerprint density at radius 2 is 1.13 bits per heavy atom. The van der Waals surface area contributed by atoms with E-state index in [0.717, 1.165) is 56.0 Å². The van der Waals surface area contributed by atoms with Gasteiger partial charge in [-0.3, -0.25) is 0 Å². The lowest BCUT2D eigenvalue weighted by molar-refractivity contribution is 0.412.